The second-order valence-corrected chi connectivity index (χ2v) is 7.77. The molecule has 0 amide bonds. The normalized spacial score (nSPS) is 18.3. The predicted octanol–water partition coefficient (Wildman–Crippen LogP) is 2.34. The second-order valence-electron chi connectivity index (χ2n) is 7.77. The van der Waals surface area contributed by atoms with Crippen LogP contribution in [0.1, 0.15) is 30.9 Å². The molecule has 1 aliphatic carbocycles. The highest BCUT2D eigenvalue weighted by atomic mass is 16.5. The van der Waals surface area contributed by atoms with Crippen LogP contribution in [0, 0.1) is 5.92 Å². The van der Waals surface area contributed by atoms with E-state index in [1.54, 1.807) is 0 Å². The average molecular weight is 389 g/mol. The van der Waals surface area contributed by atoms with Gasteiger partial charge in [-0.15, -0.1) is 0 Å². The van der Waals surface area contributed by atoms with Crippen LogP contribution in [0.3, 0.4) is 0 Å². The zero-order valence-electron chi connectivity index (χ0n) is 17.5. The lowest BCUT2D eigenvalue weighted by molar-refractivity contribution is 0.0341. The number of aliphatic imine (C=N–C) groups is 1. The average Bonchev–Trinajstić information content (AvgIpc) is 3.54. The van der Waals surface area contributed by atoms with E-state index in [-0.39, 0.29) is 0 Å². The summed E-state index contributed by atoms with van der Waals surface area (Å²) in [4.78, 5) is 9.52. The van der Waals surface area contributed by atoms with E-state index in [4.69, 9.17) is 14.5 Å². The Hall–Kier alpha value is -1.63. The first-order valence-corrected chi connectivity index (χ1v) is 10.7. The third-order valence-corrected chi connectivity index (χ3v) is 5.33. The minimum absolute atomic E-state index is 0.691. The monoisotopic (exact) mass is 388 g/mol. The highest BCUT2D eigenvalue weighted by molar-refractivity contribution is 5.79. The molecule has 2 fully saturated rings. The van der Waals surface area contributed by atoms with E-state index in [2.05, 4.69) is 53.4 Å². The maximum Gasteiger partial charge on any atom is 0.194 e. The topological polar surface area (TPSA) is 49.3 Å². The Labute approximate surface area is 169 Å². The number of rotatable bonds is 10. The summed E-state index contributed by atoms with van der Waals surface area (Å²) in [6.07, 6.45) is 2.67. The van der Waals surface area contributed by atoms with Crippen LogP contribution >= 0.6 is 0 Å². The Morgan fingerprint density at radius 3 is 2.71 bits per heavy atom. The van der Waals surface area contributed by atoms with Crippen molar-refractivity contribution in [2.45, 2.75) is 32.9 Å². The zero-order valence-corrected chi connectivity index (χ0v) is 17.5. The summed E-state index contributed by atoms with van der Waals surface area (Å²) in [7, 11) is 2.08. The summed E-state index contributed by atoms with van der Waals surface area (Å²) in [5, 5.41) is 3.41. The number of ether oxygens (including phenoxy) is 2. The number of nitrogens with zero attached hydrogens (tertiary/aromatic N) is 3. The van der Waals surface area contributed by atoms with Crippen molar-refractivity contribution < 1.29 is 9.47 Å². The lowest BCUT2D eigenvalue weighted by Gasteiger charge is -2.27. The van der Waals surface area contributed by atoms with Crippen LogP contribution in [0.2, 0.25) is 0 Å². The smallest absolute Gasteiger partial charge is 0.194 e. The number of likely N-dealkylation sites (N-methyl/N-ethyl adjacent to an activating group) is 1. The minimum atomic E-state index is 0.691. The van der Waals surface area contributed by atoms with Crippen LogP contribution in [0.5, 0.6) is 0 Å². The van der Waals surface area contributed by atoms with Gasteiger partial charge in [0, 0.05) is 46.4 Å². The van der Waals surface area contributed by atoms with Crippen LogP contribution in [-0.2, 0) is 22.6 Å². The van der Waals surface area contributed by atoms with Gasteiger partial charge < -0.3 is 19.7 Å². The van der Waals surface area contributed by atoms with Crippen molar-refractivity contribution in [3.63, 3.8) is 0 Å². The van der Waals surface area contributed by atoms with Crippen molar-refractivity contribution in [3.8, 4) is 0 Å². The summed E-state index contributed by atoms with van der Waals surface area (Å²) >= 11 is 0. The first kappa shape index (κ1) is 21.1. The Morgan fingerprint density at radius 2 is 2.00 bits per heavy atom. The molecule has 0 atom stereocenters. The number of hydrogen-bond acceptors (Lipinski definition) is 4. The van der Waals surface area contributed by atoms with Crippen LogP contribution < -0.4 is 5.32 Å². The molecule has 28 heavy (non-hydrogen) atoms. The fourth-order valence-corrected chi connectivity index (χ4v) is 3.34. The molecule has 0 bridgehead atoms. The third-order valence-electron chi connectivity index (χ3n) is 5.33. The van der Waals surface area contributed by atoms with E-state index in [1.165, 1.54) is 24.0 Å². The zero-order chi connectivity index (χ0) is 19.6. The molecule has 6 heteroatoms. The number of nitrogens with one attached hydrogen (secondary N) is 1. The molecule has 2 aliphatic rings. The van der Waals surface area contributed by atoms with Crippen LogP contribution in [0.4, 0.5) is 0 Å². The molecule has 3 rings (SSSR count). The maximum atomic E-state index is 5.78. The Morgan fingerprint density at radius 1 is 1.25 bits per heavy atom. The van der Waals surface area contributed by atoms with Crippen LogP contribution in [0.15, 0.2) is 29.3 Å². The van der Waals surface area contributed by atoms with Gasteiger partial charge >= 0.3 is 0 Å². The quantitative estimate of drug-likeness (QED) is 0.379. The van der Waals surface area contributed by atoms with Crippen molar-refractivity contribution in [2.24, 2.45) is 10.9 Å². The molecule has 6 nitrogen and oxygen atoms in total. The van der Waals surface area contributed by atoms with Crippen molar-refractivity contribution in [3.05, 3.63) is 35.4 Å². The first-order valence-electron chi connectivity index (χ1n) is 10.7. The molecule has 1 heterocycles. The summed E-state index contributed by atoms with van der Waals surface area (Å²) in [5.74, 6) is 1.76. The number of morpholine rings is 1. The Balaban J connectivity index is 1.55. The molecule has 1 saturated heterocycles. The van der Waals surface area contributed by atoms with Gasteiger partial charge in [0.1, 0.15) is 0 Å². The summed E-state index contributed by atoms with van der Waals surface area (Å²) in [6, 6.07) is 8.65. The molecule has 0 radical (unpaired) electrons. The van der Waals surface area contributed by atoms with Crippen molar-refractivity contribution in [1.82, 2.24) is 15.1 Å². The number of benzene rings is 1. The standard InChI is InChI=1S/C22H36N4O2/c1-3-23-22(25(2)10-13-28-18-19-8-9-19)24-16-20-6-4-5-7-21(20)17-26-11-14-27-15-12-26/h4-7,19H,3,8-18H2,1-2H3,(H,23,24). The molecule has 156 valence electrons. The van der Waals surface area contributed by atoms with Gasteiger partial charge in [0.15, 0.2) is 5.96 Å². The van der Waals surface area contributed by atoms with Gasteiger partial charge in [-0.3, -0.25) is 4.90 Å². The third kappa shape index (κ3) is 7.08. The second kappa shape index (κ2) is 11.4. The fourth-order valence-electron chi connectivity index (χ4n) is 3.34. The maximum absolute atomic E-state index is 5.78. The van der Waals surface area contributed by atoms with Crippen molar-refractivity contribution in [1.29, 1.82) is 0 Å². The molecular formula is C22H36N4O2. The molecule has 1 saturated carbocycles. The lowest BCUT2D eigenvalue weighted by Crippen LogP contribution is -2.40. The molecular weight excluding hydrogens is 352 g/mol. The van der Waals surface area contributed by atoms with E-state index < -0.39 is 0 Å². The van der Waals surface area contributed by atoms with Gasteiger partial charge in [-0.2, -0.15) is 0 Å². The van der Waals surface area contributed by atoms with Gasteiger partial charge in [-0.1, -0.05) is 24.3 Å². The predicted molar refractivity (Wildman–Crippen MR) is 114 cm³/mol. The Kier molecular flexibility index (Phi) is 8.58. The fraction of sp³-hybridized carbons (Fsp3) is 0.682. The van der Waals surface area contributed by atoms with Gasteiger partial charge in [-0.05, 0) is 36.8 Å². The van der Waals surface area contributed by atoms with Gasteiger partial charge in [0.05, 0.1) is 26.4 Å². The Bertz CT molecular complexity index is 612. The van der Waals surface area contributed by atoms with Crippen LogP contribution in [0.25, 0.3) is 0 Å². The SMILES string of the molecule is CCNC(=NCc1ccccc1CN1CCOCC1)N(C)CCOCC1CC1. The van der Waals surface area contributed by atoms with Crippen LogP contribution in [-0.4, -0.2) is 75.4 Å². The molecule has 0 unspecified atom stereocenters. The van der Waals surface area contributed by atoms with E-state index in [0.717, 1.165) is 71.0 Å². The summed E-state index contributed by atoms with van der Waals surface area (Å²) in [6.45, 7) is 10.8. The summed E-state index contributed by atoms with van der Waals surface area (Å²) < 4.78 is 11.3. The van der Waals surface area contributed by atoms with Gasteiger partial charge in [0.25, 0.3) is 0 Å². The van der Waals surface area contributed by atoms with Gasteiger partial charge in [-0.25, -0.2) is 4.99 Å². The largest absolute Gasteiger partial charge is 0.379 e. The molecule has 0 aromatic heterocycles. The van der Waals surface area contributed by atoms with E-state index in [1.807, 2.05) is 0 Å². The van der Waals surface area contributed by atoms with Crippen molar-refractivity contribution >= 4 is 5.96 Å². The first-order chi connectivity index (χ1) is 13.8. The molecule has 1 aromatic carbocycles. The van der Waals surface area contributed by atoms with Crippen molar-refractivity contribution in [2.75, 3.05) is 59.7 Å². The number of hydrogen-bond donors (Lipinski definition) is 1. The number of guanidine groups is 1. The van der Waals surface area contributed by atoms with E-state index >= 15 is 0 Å². The highest BCUT2D eigenvalue weighted by Crippen LogP contribution is 2.28. The molecule has 0 spiro atoms. The van der Waals surface area contributed by atoms with Gasteiger partial charge in [0.2, 0.25) is 0 Å². The van der Waals surface area contributed by atoms with E-state index in [9.17, 15) is 0 Å². The molecule has 1 aliphatic heterocycles. The minimum Gasteiger partial charge on any atom is -0.379 e. The highest BCUT2D eigenvalue weighted by Gasteiger charge is 2.21. The molecule has 1 aromatic rings. The summed E-state index contributed by atoms with van der Waals surface area (Å²) in [5.41, 5.74) is 2.65. The van der Waals surface area contributed by atoms with E-state index in [0.29, 0.717) is 6.54 Å². The lowest BCUT2D eigenvalue weighted by atomic mass is 10.1. The molecule has 1 N–H and O–H groups in total.